The Kier molecular flexibility index (Phi) is 7.13. The summed E-state index contributed by atoms with van der Waals surface area (Å²) < 4.78 is 9.51. The summed E-state index contributed by atoms with van der Waals surface area (Å²) in [5.74, 6) is 0. The van der Waals surface area contributed by atoms with E-state index in [4.69, 9.17) is 4.42 Å². The van der Waals surface area contributed by atoms with Crippen molar-refractivity contribution in [3.8, 4) is 22.3 Å². The SMILES string of the molecule is c1ccc(N(c2c(-c3cccc4ccccc34)c3ccccc3c3ccccc23)c2cccc3c2oc2ccccc23)c(-c2cccc3c2sc2ccccc23)c1. The number of benzene rings is 10. The number of fused-ring (bicyclic) bond motifs is 10. The minimum Gasteiger partial charge on any atom is -0.454 e. The standard InChI is InChI=1S/C54H33NOS/c1-2-18-35-34(16-1)17-13-26-41(35)51-42-24-5-3-19-36(42)37-20-4-6-25-43(37)52(51)55(48-31-15-27-44-39-22-8-11-32-49(39)56-53(44)48)47-30-10-7-21-38(47)45-28-14-29-46-40-23-9-12-33-50(40)57-54(45)46/h1-33H. The molecule has 0 aliphatic rings. The van der Waals surface area contributed by atoms with Gasteiger partial charge in [-0.1, -0.05) is 176 Å². The van der Waals surface area contributed by atoms with Crippen LogP contribution in [0.3, 0.4) is 0 Å². The first-order valence-corrected chi connectivity index (χ1v) is 20.2. The molecule has 0 aliphatic heterocycles. The summed E-state index contributed by atoms with van der Waals surface area (Å²) in [6.45, 7) is 0. The number of anilines is 3. The van der Waals surface area contributed by atoms with Crippen LogP contribution in [0, 0.1) is 0 Å². The first-order valence-electron chi connectivity index (χ1n) is 19.4. The molecule has 0 N–H and O–H groups in total. The van der Waals surface area contributed by atoms with Gasteiger partial charge in [0.25, 0.3) is 0 Å². The van der Waals surface area contributed by atoms with Gasteiger partial charge in [-0.25, -0.2) is 0 Å². The maximum absolute atomic E-state index is 6.94. The Morgan fingerprint density at radius 2 is 0.895 bits per heavy atom. The molecule has 0 radical (unpaired) electrons. The summed E-state index contributed by atoms with van der Waals surface area (Å²) in [7, 11) is 0. The van der Waals surface area contributed by atoms with Gasteiger partial charge in [0.2, 0.25) is 0 Å². The van der Waals surface area contributed by atoms with Crippen LogP contribution in [0.15, 0.2) is 205 Å². The molecule has 0 saturated heterocycles. The van der Waals surface area contributed by atoms with Crippen LogP contribution in [0.2, 0.25) is 0 Å². The van der Waals surface area contributed by atoms with E-state index in [9.17, 15) is 0 Å². The Balaban J connectivity index is 1.28. The maximum Gasteiger partial charge on any atom is 0.159 e. The van der Waals surface area contributed by atoms with Crippen molar-refractivity contribution in [1.82, 2.24) is 0 Å². The van der Waals surface area contributed by atoms with Crippen LogP contribution in [0.1, 0.15) is 0 Å². The minimum atomic E-state index is 0.856. The third kappa shape index (κ3) is 4.83. The van der Waals surface area contributed by atoms with E-state index in [1.165, 1.54) is 69.2 Å². The Hall–Kier alpha value is -7.20. The van der Waals surface area contributed by atoms with Gasteiger partial charge in [0.1, 0.15) is 5.58 Å². The highest BCUT2D eigenvalue weighted by atomic mass is 32.1. The third-order valence-electron chi connectivity index (χ3n) is 11.7. The van der Waals surface area contributed by atoms with Crippen LogP contribution in [0.25, 0.3) is 96.7 Å². The van der Waals surface area contributed by atoms with Crippen molar-refractivity contribution in [3.63, 3.8) is 0 Å². The van der Waals surface area contributed by atoms with E-state index in [0.29, 0.717) is 0 Å². The van der Waals surface area contributed by atoms with Crippen molar-refractivity contribution in [1.29, 1.82) is 0 Å². The van der Waals surface area contributed by atoms with Gasteiger partial charge in [-0.05, 0) is 56.8 Å². The molecule has 0 aliphatic carbocycles. The highest BCUT2D eigenvalue weighted by Gasteiger charge is 2.29. The van der Waals surface area contributed by atoms with Gasteiger partial charge in [0.05, 0.1) is 17.1 Å². The largest absolute Gasteiger partial charge is 0.454 e. The van der Waals surface area contributed by atoms with Crippen molar-refractivity contribution in [2.45, 2.75) is 0 Å². The molecule has 0 saturated carbocycles. The van der Waals surface area contributed by atoms with E-state index < -0.39 is 0 Å². The van der Waals surface area contributed by atoms with Gasteiger partial charge in [-0.2, -0.15) is 0 Å². The zero-order valence-electron chi connectivity index (χ0n) is 30.8. The second-order valence-electron chi connectivity index (χ2n) is 14.7. The zero-order chi connectivity index (χ0) is 37.5. The molecule has 0 bridgehead atoms. The summed E-state index contributed by atoms with van der Waals surface area (Å²) in [5, 5.41) is 12.0. The Morgan fingerprint density at radius 1 is 0.351 bits per heavy atom. The fourth-order valence-electron chi connectivity index (χ4n) is 9.21. The fourth-order valence-corrected chi connectivity index (χ4v) is 10.4. The van der Waals surface area contributed by atoms with Crippen molar-refractivity contribution in [3.05, 3.63) is 200 Å². The molecule has 266 valence electrons. The topological polar surface area (TPSA) is 16.4 Å². The number of para-hydroxylation sites is 3. The molecule has 0 atom stereocenters. The van der Waals surface area contributed by atoms with Crippen LogP contribution in [0.4, 0.5) is 17.1 Å². The Labute approximate surface area is 333 Å². The van der Waals surface area contributed by atoms with Crippen LogP contribution < -0.4 is 4.90 Å². The zero-order valence-corrected chi connectivity index (χ0v) is 31.6. The predicted molar refractivity (Wildman–Crippen MR) is 245 cm³/mol. The van der Waals surface area contributed by atoms with E-state index in [1.54, 1.807) is 0 Å². The molecule has 10 aromatic carbocycles. The number of hydrogen-bond acceptors (Lipinski definition) is 3. The number of thiophene rings is 1. The van der Waals surface area contributed by atoms with Crippen molar-refractivity contribution in [2.24, 2.45) is 0 Å². The van der Waals surface area contributed by atoms with E-state index in [0.717, 1.165) is 44.6 Å². The maximum atomic E-state index is 6.94. The number of nitrogens with zero attached hydrogens (tertiary/aromatic N) is 1. The molecule has 12 rings (SSSR count). The second-order valence-corrected chi connectivity index (χ2v) is 15.8. The Bertz CT molecular complexity index is 3550. The molecular weight excluding hydrogens is 711 g/mol. The second kappa shape index (κ2) is 12.7. The van der Waals surface area contributed by atoms with E-state index >= 15 is 0 Å². The summed E-state index contributed by atoms with van der Waals surface area (Å²) in [5.41, 5.74) is 9.66. The normalized spacial score (nSPS) is 11.9. The van der Waals surface area contributed by atoms with Gasteiger partial charge in [-0.15, -0.1) is 11.3 Å². The van der Waals surface area contributed by atoms with Gasteiger partial charge in [-0.3, -0.25) is 0 Å². The smallest absolute Gasteiger partial charge is 0.159 e. The number of hydrogen-bond donors (Lipinski definition) is 0. The molecule has 2 nitrogen and oxygen atoms in total. The first-order chi connectivity index (χ1) is 28.3. The molecule has 0 spiro atoms. The molecule has 0 unspecified atom stereocenters. The van der Waals surface area contributed by atoms with Crippen LogP contribution in [-0.2, 0) is 0 Å². The van der Waals surface area contributed by atoms with E-state index in [1.807, 2.05) is 11.3 Å². The number of rotatable bonds is 5. The van der Waals surface area contributed by atoms with E-state index in [-0.39, 0.29) is 0 Å². The average molecular weight is 744 g/mol. The first kappa shape index (κ1) is 32.1. The van der Waals surface area contributed by atoms with Gasteiger partial charge in [0, 0.05) is 53.0 Å². The monoisotopic (exact) mass is 743 g/mol. The van der Waals surface area contributed by atoms with Crippen molar-refractivity contribution >= 4 is 103 Å². The van der Waals surface area contributed by atoms with Crippen LogP contribution >= 0.6 is 11.3 Å². The van der Waals surface area contributed by atoms with E-state index in [2.05, 4.69) is 205 Å². The molecule has 3 heteroatoms. The summed E-state index contributed by atoms with van der Waals surface area (Å²) in [6.07, 6.45) is 0. The van der Waals surface area contributed by atoms with Gasteiger partial charge < -0.3 is 9.32 Å². The molecule has 12 aromatic rings. The number of furan rings is 1. The fraction of sp³-hybridized carbons (Fsp3) is 0. The molecule has 2 heterocycles. The lowest BCUT2D eigenvalue weighted by atomic mass is 9.87. The minimum absolute atomic E-state index is 0.856. The molecular formula is C54H33NOS. The van der Waals surface area contributed by atoms with Crippen LogP contribution in [0.5, 0.6) is 0 Å². The summed E-state index contributed by atoms with van der Waals surface area (Å²) in [4.78, 5) is 2.51. The highest BCUT2D eigenvalue weighted by Crippen LogP contribution is 2.54. The summed E-state index contributed by atoms with van der Waals surface area (Å²) >= 11 is 1.87. The molecule has 0 fully saturated rings. The molecule has 57 heavy (non-hydrogen) atoms. The van der Waals surface area contributed by atoms with Crippen molar-refractivity contribution in [2.75, 3.05) is 4.90 Å². The third-order valence-corrected chi connectivity index (χ3v) is 12.9. The summed E-state index contributed by atoms with van der Waals surface area (Å²) in [6, 6.07) is 72.8. The molecule has 0 amide bonds. The lowest BCUT2D eigenvalue weighted by molar-refractivity contribution is 0.669. The quantitative estimate of drug-likeness (QED) is 0.163. The lowest BCUT2D eigenvalue weighted by Crippen LogP contribution is -2.14. The Morgan fingerprint density at radius 3 is 1.77 bits per heavy atom. The van der Waals surface area contributed by atoms with Gasteiger partial charge >= 0.3 is 0 Å². The van der Waals surface area contributed by atoms with Crippen molar-refractivity contribution < 1.29 is 4.42 Å². The molecule has 2 aromatic heterocycles. The van der Waals surface area contributed by atoms with Gasteiger partial charge in [0.15, 0.2) is 5.58 Å². The van der Waals surface area contributed by atoms with Crippen LogP contribution in [-0.4, -0.2) is 0 Å². The highest BCUT2D eigenvalue weighted by molar-refractivity contribution is 7.26. The lowest BCUT2D eigenvalue weighted by Gasteiger charge is -2.32. The average Bonchev–Trinajstić information content (AvgIpc) is 3.86. The predicted octanol–water partition coefficient (Wildman–Crippen LogP) is 16.2.